The van der Waals surface area contributed by atoms with E-state index in [4.69, 9.17) is 0 Å². The smallest absolute Gasteiger partial charge is 0.0701 e. The number of pyridine rings is 1. The van der Waals surface area contributed by atoms with Crippen molar-refractivity contribution < 1.29 is 0 Å². The molecule has 0 fully saturated rings. The number of aromatic nitrogens is 1. The standard InChI is InChI=1S/C12H14BrN3S/c1-14-9-6-10(8-15-7-9)16-5-4-11-2-3-12(13)17-11/h2-3,6-8,14,16H,4-5H2,1H3. The van der Waals surface area contributed by atoms with Gasteiger partial charge in [-0.25, -0.2) is 0 Å². The van der Waals surface area contributed by atoms with Crippen LogP contribution in [0.3, 0.4) is 0 Å². The van der Waals surface area contributed by atoms with Crippen LogP contribution in [0, 0.1) is 0 Å². The summed E-state index contributed by atoms with van der Waals surface area (Å²) in [6, 6.07) is 6.29. The number of rotatable bonds is 5. The van der Waals surface area contributed by atoms with Crippen LogP contribution in [0.5, 0.6) is 0 Å². The minimum atomic E-state index is 0.918. The average molecular weight is 312 g/mol. The Balaban J connectivity index is 1.85. The van der Waals surface area contributed by atoms with E-state index in [-0.39, 0.29) is 0 Å². The van der Waals surface area contributed by atoms with Crippen LogP contribution in [0.1, 0.15) is 4.88 Å². The lowest BCUT2D eigenvalue weighted by molar-refractivity contribution is 1.04. The summed E-state index contributed by atoms with van der Waals surface area (Å²) in [5.74, 6) is 0. The summed E-state index contributed by atoms with van der Waals surface area (Å²) in [5.41, 5.74) is 2.07. The Kier molecular flexibility index (Phi) is 4.39. The fourth-order valence-corrected chi connectivity index (χ4v) is 2.97. The van der Waals surface area contributed by atoms with Crippen LogP contribution in [0.25, 0.3) is 0 Å². The molecule has 2 aromatic heterocycles. The van der Waals surface area contributed by atoms with Gasteiger partial charge in [-0.15, -0.1) is 11.3 Å². The quantitative estimate of drug-likeness (QED) is 0.886. The Hall–Kier alpha value is -1.07. The molecule has 0 bridgehead atoms. The minimum Gasteiger partial charge on any atom is -0.387 e. The number of thiophene rings is 1. The highest BCUT2D eigenvalue weighted by Crippen LogP contribution is 2.22. The zero-order chi connectivity index (χ0) is 12.1. The van der Waals surface area contributed by atoms with E-state index < -0.39 is 0 Å². The van der Waals surface area contributed by atoms with Crippen LogP contribution in [0.2, 0.25) is 0 Å². The van der Waals surface area contributed by atoms with Crippen molar-refractivity contribution in [3.63, 3.8) is 0 Å². The summed E-state index contributed by atoms with van der Waals surface area (Å²) in [7, 11) is 1.89. The zero-order valence-corrected chi connectivity index (χ0v) is 11.9. The first-order valence-corrected chi connectivity index (χ1v) is 7.00. The predicted octanol–water partition coefficient (Wildman–Crippen LogP) is 3.60. The van der Waals surface area contributed by atoms with Crippen LogP contribution < -0.4 is 10.6 Å². The number of hydrogen-bond donors (Lipinski definition) is 2. The van der Waals surface area contributed by atoms with Gasteiger partial charge in [-0.1, -0.05) is 0 Å². The first kappa shape index (κ1) is 12.4. The van der Waals surface area contributed by atoms with Gasteiger partial charge in [-0.2, -0.15) is 0 Å². The lowest BCUT2D eigenvalue weighted by atomic mass is 10.3. The van der Waals surface area contributed by atoms with E-state index in [1.807, 2.05) is 19.4 Å². The van der Waals surface area contributed by atoms with Crippen molar-refractivity contribution in [3.05, 3.63) is 39.3 Å². The van der Waals surface area contributed by atoms with Crippen molar-refractivity contribution in [1.29, 1.82) is 0 Å². The molecule has 0 saturated carbocycles. The van der Waals surface area contributed by atoms with Crippen LogP contribution in [-0.4, -0.2) is 18.6 Å². The summed E-state index contributed by atoms with van der Waals surface area (Å²) in [6.45, 7) is 0.918. The Labute approximate surface area is 113 Å². The van der Waals surface area contributed by atoms with E-state index in [9.17, 15) is 0 Å². The fraction of sp³-hybridized carbons (Fsp3) is 0.250. The molecule has 0 spiro atoms. The van der Waals surface area contributed by atoms with Gasteiger partial charge in [0, 0.05) is 18.5 Å². The van der Waals surface area contributed by atoms with E-state index in [1.54, 1.807) is 11.3 Å². The molecule has 5 heteroatoms. The van der Waals surface area contributed by atoms with Crippen LogP contribution in [0.4, 0.5) is 11.4 Å². The normalized spacial score (nSPS) is 10.2. The summed E-state index contributed by atoms with van der Waals surface area (Å²) in [5, 5.41) is 6.44. The molecule has 3 nitrogen and oxygen atoms in total. The van der Waals surface area contributed by atoms with Crippen molar-refractivity contribution in [1.82, 2.24) is 4.98 Å². The Morgan fingerprint density at radius 2 is 2.12 bits per heavy atom. The number of anilines is 2. The molecule has 0 aromatic carbocycles. The van der Waals surface area contributed by atoms with E-state index in [1.165, 1.54) is 8.66 Å². The van der Waals surface area contributed by atoms with E-state index in [2.05, 4.69) is 49.7 Å². The molecular formula is C12H14BrN3S. The van der Waals surface area contributed by atoms with Gasteiger partial charge in [0.1, 0.15) is 0 Å². The molecule has 0 amide bonds. The summed E-state index contributed by atoms with van der Waals surface area (Å²) in [4.78, 5) is 5.53. The molecule has 90 valence electrons. The molecule has 0 saturated heterocycles. The molecular weight excluding hydrogens is 298 g/mol. The van der Waals surface area contributed by atoms with Crippen LogP contribution in [0.15, 0.2) is 34.4 Å². The van der Waals surface area contributed by atoms with Gasteiger partial charge in [0.05, 0.1) is 27.6 Å². The Morgan fingerprint density at radius 3 is 2.82 bits per heavy atom. The number of hydrogen-bond acceptors (Lipinski definition) is 4. The van der Waals surface area contributed by atoms with E-state index >= 15 is 0 Å². The molecule has 2 N–H and O–H groups in total. The van der Waals surface area contributed by atoms with Gasteiger partial charge in [0.25, 0.3) is 0 Å². The van der Waals surface area contributed by atoms with Crippen molar-refractivity contribution in [2.24, 2.45) is 0 Å². The minimum absolute atomic E-state index is 0.918. The second-order valence-electron chi connectivity index (χ2n) is 3.59. The summed E-state index contributed by atoms with van der Waals surface area (Å²) < 4.78 is 1.19. The molecule has 2 aromatic rings. The molecule has 0 radical (unpaired) electrons. The molecule has 2 heterocycles. The second-order valence-corrected chi connectivity index (χ2v) is 6.14. The number of nitrogens with zero attached hydrogens (tertiary/aromatic N) is 1. The average Bonchev–Trinajstić information content (AvgIpc) is 2.75. The molecule has 0 aliphatic rings. The van der Waals surface area contributed by atoms with Crippen molar-refractivity contribution >= 4 is 38.6 Å². The lowest BCUT2D eigenvalue weighted by Gasteiger charge is -2.06. The van der Waals surface area contributed by atoms with E-state index in [0.717, 1.165) is 24.3 Å². The van der Waals surface area contributed by atoms with Gasteiger partial charge in [-0.05, 0) is 40.5 Å². The highest BCUT2D eigenvalue weighted by Gasteiger charge is 1.98. The monoisotopic (exact) mass is 311 g/mol. The fourth-order valence-electron chi connectivity index (χ4n) is 1.49. The van der Waals surface area contributed by atoms with E-state index in [0.29, 0.717) is 0 Å². The van der Waals surface area contributed by atoms with Crippen molar-refractivity contribution in [3.8, 4) is 0 Å². The molecule has 0 aliphatic carbocycles. The topological polar surface area (TPSA) is 37.0 Å². The third kappa shape index (κ3) is 3.71. The lowest BCUT2D eigenvalue weighted by Crippen LogP contribution is -2.04. The van der Waals surface area contributed by atoms with Gasteiger partial charge in [-0.3, -0.25) is 4.98 Å². The largest absolute Gasteiger partial charge is 0.387 e. The SMILES string of the molecule is CNc1cncc(NCCc2ccc(Br)s2)c1. The van der Waals surface area contributed by atoms with Gasteiger partial charge in [0.2, 0.25) is 0 Å². The molecule has 0 aliphatic heterocycles. The van der Waals surface area contributed by atoms with Crippen LogP contribution in [-0.2, 0) is 6.42 Å². The Bertz CT molecular complexity index is 484. The van der Waals surface area contributed by atoms with Crippen LogP contribution >= 0.6 is 27.3 Å². The third-order valence-electron chi connectivity index (χ3n) is 2.36. The molecule has 0 unspecified atom stereocenters. The maximum atomic E-state index is 4.16. The highest BCUT2D eigenvalue weighted by atomic mass is 79.9. The summed E-state index contributed by atoms with van der Waals surface area (Å²) >= 11 is 5.25. The highest BCUT2D eigenvalue weighted by molar-refractivity contribution is 9.11. The third-order valence-corrected chi connectivity index (χ3v) is 4.04. The van der Waals surface area contributed by atoms with Crippen molar-refractivity contribution in [2.45, 2.75) is 6.42 Å². The number of nitrogens with one attached hydrogen (secondary N) is 2. The number of halogens is 1. The maximum Gasteiger partial charge on any atom is 0.0701 e. The second kappa shape index (κ2) is 6.02. The summed E-state index contributed by atoms with van der Waals surface area (Å²) in [6.07, 6.45) is 4.67. The predicted molar refractivity (Wildman–Crippen MR) is 78.0 cm³/mol. The molecule has 17 heavy (non-hydrogen) atoms. The zero-order valence-electron chi connectivity index (χ0n) is 9.53. The van der Waals surface area contributed by atoms with Gasteiger partial charge < -0.3 is 10.6 Å². The molecule has 2 rings (SSSR count). The molecule has 0 atom stereocenters. The van der Waals surface area contributed by atoms with Gasteiger partial charge in [0.15, 0.2) is 0 Å². The van der Waals surface area contributed by atoms with Crippen molar-refractivity contribution in [2.75, 3.05) is 24.2 Å². The Morgan fingerprint density at radius 1 is 1.29 bits per heavy atom. The van der Waals surface area contributed by atoms with Gasteiger partial charge >= 0.3 is 0 Å². The maximum absolute atomic E-state index is 4.16. The first-order valence-electron chi connectivity index (χ1n) is 5.39. The first-order chi connectivity index (χ1) is 8.28.